The summed E-state index contributed by atoms with van der Waals surface area (Å²) in [5, 5.41) is 0. The number of benzene rings is 1. The Morgan fingerprint density at radius 3 is 2.50 bits per heavy atom. The van der Waals surface area contributed by atoms with Crippen molar-refractivity contribution in [1.29, 1.82) is 0 Å². The van der Waals surface area contributed by atoms with Crippen LogP contribution in [0.2, 0.25) is 0 Å². The third kappa shape index (κ3) is 4.11. The van der Waals surface area contributed by atoms with Gasteiger partial charge in [-0.15, -0.1) is 0 Å². The van der Waals surface area contributed by atoms with Crippen LogP contribution in [0.15, 0.2) is 30.3 Å². The molecule has 1 aromatic carbocycles. The number of nitrogens with one attached hydrogen (secondary N) is 2. The first-order chi connectivity index (χ1) is 12.8. The molecule has 2 saturated heterocycles. The summed E-state index contributed by atoms with van der Waals surface area (Å²) >= 11 is 0. The van der Waals surface area contributed by atoms with Gasteiger partial charge in [0.25, 0.3) is 0 Å². The summed E-state index contributed by atoms with van der Waals surface area (Å²) < 4.78 is 0. The van der Waals surface area contributed by atoms with E-state index in [1.54, 1.807) is 0 Å². The van der Waals surface area contributed by atoms with Gasteiger partial charge in [-0.3, -0.25) is 9.69 Å². The molecule has 4 rings (SSSR count). The second kappa shape index (κ2) is 8.51. The summed E-state index contributed by atoms with van der Waals surface area (Å²) in [5.41, 5.74) is 8.28. The molecule has 2 heterocycles. The smallest absolute Gasteiger partial charge is 0.225 e. The molecule has 1 amide bonds. The maximum atomic E-state index is 12.9. The van der Waals surface area contributed by atoms with E-state index in [-0.39, 0.29) is 0 Å². The van der Waals surface area contributed by atoms with Crippen LogP contribution in [-0.4, -0.2) is 48.1 Å². The van der Waals surface area contributed by atoms with Crippen LogP contribution < -0.4 is 10.9 Å². The quantitative estimate of drug-likeness (QED) is 0.874. The highest BCUT2D eigenvalue weighted by Gasteiger charge is 2.32. The van der Waals surface area contributed by atoms with E-state index in [0.717, 1.165) is 51.9 Å². The minimum Gasteiger partial charge on any atom is -0.341 e. The van der Waals surface area contributed by atoms with Crippen molar-refractivity contribution in [2.24, 2.45) is 5.92 Å². The molecular weight excluding hydrogens is 324 g/mol. The van der Waals surface area contributed by atoms with E-state index in [1.165, 1.54) is 24.8 Å². The molecule has 2 atom stereocenters. The predicted octanol–water partition coefficient (Wildman–Crippen LogP) is 2.67. The lowest BCUT2D eigenvalue weighted by atomic mass is 9.88. The first kappa shape index (κ1) is 18.0. The van der Waals surface area contributed by atoms with Crippen LogP contribution in [-0.2, 0) is 4.79 Å². The fraction of sp³-hybridized carbons (Fsp3) is 0.667. The van der Waals surface area contributed by atoms with E-state index in [4.69, 9.17) is 0 Å². The van der Waals surface area contributed by atoms with E-state index in [2.05, 4.69) is 51.0 Å². The monoisotopic (exact) mass is 356 g/mol. The Morgan fingerprint density at radius 2 is 1.69 bits per heavy atom. The Labute approximate surface area is 157 Å². The van der Waals surface area contributed by atoms with Crippen LogP contribution in [0.5, 0.6) is 0 Å². The van der Waals surface area contributed by atoms with Crippen molar-refractivity contribution in [3.05, 3.63) is 35.9 Å². The second-order valence-electron chi connectivity index (χ2n) is 8.05. The van der Waals surface area contributed by atoms with Crippen molar-refractivity contribution in [2.75, 3.05) is 26.2 Å². The fourth-order valence-electron chi connectivity index (χ4n) is 4.76. The number of hydrogen-bond donors (Lipinski definition) is 2. The van der Waals surface area contributed by atoms with Crippen LogP contribution in [0.1, 0.15) is 56.6 Å². The van der Waals surface area contributed by atoms with E-state index in [9.17, 15) is 4.79 Å². The molecule has 3 fully saturated rings. The lowest BCUT2D eigenvalue weighted by Crippen LogP contribution is -2.46. The van der Waals surface area contributed by atoms with Crippen LogP contribution in [0, 0.1) is 5.92 Å². The van der Waals surface area contributed by atoms with Gasteiger partial charge in [0, 0.05) is 38.1 Å². The van der Waals surface area contributed by atoms with Gasteiger partial charge < -0.3 is 4.90 Å². The van der Waals surface area contributed by atoms with E-state index >= 15 is 0 Å². The molecule has 5 heteroatoms. The Bertz CT molecular complexity index is 587. The molecule has 2 aliphatic heterocycles. The molecule has 2 unspecified atom stereocenters. The van der Waals surface area contributed by atoms with Crippen molar-refractivity contribution >= 4 is 5.91 Å². The average molecular weight is 357 g/mol. The number of hydrazine groups is 1. The largest absolute Gasteiger partial charge is 0.341 e. The normalized spacial score (nSPS) is 28.8. The molecule has 26 heavy (non-hydrogen) atoms. The maximum Gasteiger partial charge on any atom is 0.225 e. The molecule has 3 aliphatic rings. The zero-order valence-electron chi connectivity index (χ0n) is 15.7. The van der Waals surface area contributed by atoms with Crippen LogP contribution in [0.3, 0.4) is 0 Å². The standard InChI is InChI=1S/C21H32N4O/c26-21(18-10-5-2-6-11-18)25-13-7-12-24(14-15-25)20-16-19(22-23-20)17-8-3-1-4-9-17/h1,3-4,8-9,18-20,22-23H,2,5-7,10-16H2. The number of carbonyl (C=O) groups excluding carboxylic acids is 1. The van der Waals surface area contributed by atoms with E-state index in [1.807, 2.05) is 0 Å². The zero-order valence-corrected chi connectivity index (χ0v) is 15.7. The molecule has 0 aromatic heterocycles. The third-order valence-corrected chi connectivity index (χ3v) is 6.32. The molecule has 1 aliphatic carbocycles. The van der Waals surface area contributed by atoms with Crippen molar-refractivity contribution in [3.8, 4) is 0 Å². The van der Waals surface area contributed by atoms with Crippen molar-refractivity contribution in [1.82, 2.24) is 20.7 Å². The molecule has 142 valence electrons. The fourth-order valence-corrected chi connectivity index (χ4v) is 4.76. The minimum absolute atomic E-state index is 0.295. The Balaban J connectivity index is 1.30. The molecule has 0 radical (unpaired) electrons. The summed E-state index contributed by atoms with van der Waals surface area (Å²) in [7, 11) is 0. The molecule has 5 nitrogen and oxygen atoms in total. The molecule has 0 bridgehead atoms. The highest BCUT2D eigenvalue weighted by Crippen LogP contribution is 2.27. The Kier molecular flexibility index (Phi) is 5.88. The summed E-state index contributed by atoms with van der Waals surface area (Å²) in [6.45, 7) is 3.84. The van der Waals surface area contributed by atoms with Crippen molar-refractivity contribution in [2.45, 2.75) is 57.2 Å². The first-order valence-electron chi connectivity index (χ1n) is 10.4. The third-order valence-electron chi connectivity index (χ3n) is 6.32. The summed E-state index contributed by atoms with van der Waals surface area (Å²) in [6, 6.07) is 11.0. The summed E-state index contributed by atoms with van der Waals surface area (Å²) in [5.74, 6) is 0.718. The Hall–Kier alpha value is -1.43. The predicted molar refractivity (Wildman–Crippen MR) is 103 cm³/mol. The van der Waals surface area contributed by atoms with Gasteiger partial charge in [0.15, 0.2) is 0 Å². The lowest BCUT2D eigenvalue weighted by molar-refractivity contribution is -0.136. The van der Waals surface area contributed by atoms with Gasteiger partial charge in [0.05, 0.1) is 6.17 Å². The lowest BCUT2D eigenvalue weighted by Gasteiger charge is -2.29. The van der Waals surface area contributed by atoms with Gasteiger partial charge in [-0.1, -0.05) is 49.6 Å². The van der Waals surface area contributed by atoms with Gasteiger partial charge in [-0.25, -0.2) is 10.9 Å². The molecule has 0 spiro atoms. The average Bonchev–Trinajstić information content (AvgIpc) is 3.07. The Morgan fingerprint density at radius 1 is 0.885 bits per heavy atom. The highest BCUT2D eigenvalue weighted by atomic mass is 16.2. The number of carbonyl (C=O) groups is 1. The zero-order chi connectivity index (χ0) is 17.8. The van der Waals surface area contributed by atoms with E-state index in [0.29, 0.717) is 24.0 Å². The molecule has 1 aromatic rings. The van der Waals surface area contributed by atoms with Gasteiger partial charge >= 0.3 is 0 Å². The highest BCUT2D eigenvalue weighted by molar-refractivity contribution is 5.79. The van der Waals surface area contributed by atoms with Crippen LogP contribution in [0.4, 0.5) is 0 Å². The van der Waals surface area contributed by atoms with Crippen LogP contribution >= 0.6 is 0 Å². The van der Waals surface area contributed by atoms with Crippen molar-refractivity contribution < 1.29 is 4.79 Å². The number of hydrogen-bond acceptors (Lipinski definition) is 4. The molecule has 2 N–H and O–H groups in total. The summed E-state index contributed by atoms with van der Waals surface area (Å²) in [4.78, 5) is 17.5. The number of nitrogens with zero attached hydrogens (tertiary/aromatic N) is 2. The van der Waals surface area contributed by atoms with Gasteiger partial charge in [-0.05, 0) is 31.2 Å². The maximum absolute atomic E-state index is 12.9. The first-order valence-corrected chi connectivity index (χ1v) is 10.4. The van der Waals surface area contributed by atoms with E-state index < -0.39 is 0 Å². The number of rotatable bonds is 3. The SMILES string of the molecule is O=C(C1CCCCC1)N1CCCN(C2CC(c3ccccc3)NN2)CC1. The molecule has 1 saturated carbocycles. The minimum atomic E-state index is 0.295. The van der Waals surface area contributed by atoms with Crippen molar-refractivity contribution in [3.63, 3.8) is 0 Å². The second-order valence-corrected chi connectivity index (χ2v) is 8.05. The van der Waals surface area contributed by atoms with Gasteiger partial charge in [-0.2, -0.15) is 0 Å². The summed E-state index contributed by atoms with van der Waals surface area (Å²) in [6.07, 6.45) is 8.47. The number of amides is 1. The molecular formula is C21H32N4O. The van der Waals surface area contributed by atoms with Gasteiger partial charge in [0.1, 0.15) is 0 Å². The van der Waals surface area contributed by atoms with Gasteiger partial charge in [0.2, 0.25) is 5.91 Å². The van der Waals surface area contributed by atoms with Crippen LogP contribution in [0.25, 0.3) is 0 Å². The topological polar surface area (TPSA) is 47.6 Å².